The van der Waals surface area contributed by atoms with Crippen molar-refractivity contribution in [1.82, 2.24) is 15.6 Å². The van der Waals surface area contributed by atoms with Crippen molar-refractivity contribution in [3.8, 4) is 5.88 Å². The fraction of sp³-hybridized carbons (Fsp3) is 0.478. The van der Waals surface area contributed by atoms with E-state index < -0.39 is 0 Å². The van der Waals surface area contributed by atoms with Gasteiger partial charge < -0.3 is 24.8 Å². The van der Waals surface area contributed by atoms with Crippen molar-refractivity contribution in [1.29, 1.82) is 0 Å². The maximum absolute atomic E-state index is 5.83. The number of halogens is 1. The van der Waals surface area contributed by atoms with Gasteiger partial charge >= 0.3 is 0 Å². The van der Waals surface area contributed by atoms with Crippen LogP contribution in [0.2, 0.25) is 0 Å². The molecule has 0 saturated carbocycles. The van der Waals surface area contributed by atoms with Gasteiger partial charge in [-0.2, -0.15) is 0 Å². The van der Waals surface area contributed by atoms with Crippen LogP contribution >= 0.6 is 24.0 Å². The van der Waals surface area contributed by atoms with Crippen LogP contribution in [-0.2, 0) is 22.6 Å². The first-order valence-electron chi connectivity index (χ1n) is 10.4. The van der Waals surface area contributed by atoms with E-state index >= 15 is 0 Å². The smallest absolute Gasteiger partial charge is 0.218 e. The number of aromatic nitrogens is 1. The molecule has 2 rings (SSSR count). The Bertz CT molecular complexity index is 747. The Balaban J connectivity index is 0.00000480. The van der Waals surface area contributed by atoms with Crippen LogP contribution in [0.1, 0.15) is 25.0 Å². The first-order valence-corrected chi connectivity index (χ1v) is 10.4. The van der Waals surface area contributed by atoms with Gasteiger partial charge in [0.1, 0.15) is 6.61 Å². The number of hydrogen-bond donors (Lipinski definition) is 2. The van der Waals surface area contributed by atoms with Crippen molar-refractivity contribution < 1.29 is 14.2 Å². The first kappa shape index (κ1) is 27.1. The number of benzene rings is 1. The molecule has 1 atom stereocenters. The maximum Gasteiger partial charge on any atom is 0.218 e. The van der Waals surface area contributed by atoms with E-state index in [2.05, 4.69) is 39.7 Å². The van der Waals surface area contributed by atoms with Crippen LogP contribution in [0, 0.1) is 5.92 Å². The Hall–Kier alpha value is -1.91. The second-order valence-electron chi connectivity index (χ2n) is 6.99. The molecule has 0 aliphatic carbocycles. The van der Waals surface area contributed by atoms with Gasteiger partial charge in [0.25, 0.3) is 0 Å². The number of nitrogens with zero attached hydrogens (tertiary/aromatic N) is 2. The predicted molar refractivity (Wildman–Crippen MR) is 135 cm³/mol. The highest BCUT2D eigenvalue weighted by Gasteiger charge is 2.07. The summed E-state index contributed by atoms with van der Waals surface area (Å²) < 4.78 is 16.5. The molecular formula is C23H35IN4O3. The molecule has 0 aliphatic rings. The number of aliphatic imine (C=N–C) groups is 1. The lowest BCUT2D eigenvalue weighted by Gasteiger charge is -2.16. The minimum atomic E-state index is 0. The molecule has 2 aromatic rings. The molecule has 0 aliphatic heterocycles. The van der Waals surface area contributed by atoms with Crippen molar-refractivity contribution in [3.63, 3.8) is 0 Å². The summed E-state index contributed by atoms with van der Waals surface area (Å²) in [5.41, 5.74) is 2.12. The zero-order valence-corrected chi connectivity index (χ0v) is 21.0. The van der Waals surface area contributed by atoms with Gasteiger partial charge in [-0.3, -0.25) is 0 Å². The van der Waals surface area contributed by atoms with Crippen LogP contribution in [0.4, 0.5) is 0 Å². The van der Waals surface area contributed by atoms with Crippen molar-refractivity contribution in [2.24, 2.45) is 10.9 Å². The van der Waals surface area contributed by atoms with E-state index in [9.17, 15) is 0 Å². The number of methoxy groups -OCH3 is 1. The van der Waals surface area contributed by atoms with E-state index in [1.807, 2.05) is 37.3 Å². The van der Waals surface area contributed by atoms with Gasteiger partial charge in [0, 0.05) is 32.0 Å². The molecule has 0 amide bonds. The zero-order valence-electron chi connectivity index (χ0n) is 18.7. The number of ether oxygens (including phenoxy) is 3. The highest BCUT2D eigenvalue weighted by molar-refractivity contribution is 14.0. The quantitative estimate of drug-likeness (QED) is 0.174. The molecule has 1 aromatic carbocycles. The molecule has 0 spiro atoms. The van der Waals surface area contributed by atoms with Gasteiger partial charge in [0.2, 0.25) is 5.88 Å². The molecule has 172 valence electrons. The molecule has 1 unspecified atom stereocenters. The fourth-order valence-electron chi connectivity index (χ4n) is 2.68. The molecule has 7 nitrogen and oxygen atoms in total. The summed E-state index contributed by atoms with van der Waals surface area (Å²) in [5.74, 6) is 1.71. The fourth-order valence-corrected chi connectivity index (χ4v) is 2.68. The third kappa shape index (κ3) is 11.3. The lowest BCUT2D eigenvalue weighted by atomic mass is 10.2. The third-order valence-electron chi connectivity index (χ3n) is 4.26. The van der Waals surface area contributed by atoms with Gasteiger partial charge in [-0.15, -0.1) is 24.0 Å². The predicted octanol–water partition coefficient (Wildman–Crippen LogP) is 3.63. The van der Waals surface area contributed by atoms with Gasteiger partial charge in [-0.05, 0) is 24.5 Å². The van der Waals surface area contributed by atoms with E-state index in [1.54, 1.807) is 13.3 Å². The van der Waals surface area contributed by atoms with Crippen molar-refractivity contribution in [3.05, 3.63) is 59.8 Å². The average molecular weight is 542 g/mol. The van der Waals surface area contributed by atoms with Gasteiger partial charge in [0.05, 0.1) is 26.4 Å². The van der Waals surface area contributed by atoms with Crippen LogP contribution in [0.3, 0.4) is 0 Å². The molecule has 0 saturated heterocycles. The van der Waals surface area contributed by atoms with Crippen LogP contribution in [-0.4, -0.2) is 51.0 Å². The normalized spacial score (nSPS) is 12.0. The molecule has 8 heteroatoms. The standard InChI is InChI=1S/C23H34N4O3.HI/c1-4-24-23(26-15-19(2)17-29-18-20-9-6-5-7-10-20)27-16-21-11-8-12-25-22(21)30-14-13-28-3;/h5-12,19H,4,13-18H2,1-3H3,(H2,24,26,27);1H. The van der Waals surface area contributed by atoms with Crippen molar-refractivity contribution in [2.45, 2.75) is 27.0 Å². The summed E-state index contributed by atoms with van der Waals surface area (Å²) in [7, 11) is 1.65. The van der Waals surface area contributed by atoms with Crippen LogP contribution < -0.4 is 15.4 Å². The summed E-state index contributed by atoms with van der Waals surface area (Å²) in [6.07, 6.45) is 1.72. The summed E-state index contributed by atoms with van der Waals surface area (Å²) in [6, 6.07) is 14.1. The third-order valence-corrected chi connectivity index (χ3v) is 4.26. The minimum absolute atomic E-state index is 0. The van der Waals surface area contributed by atoms with E-state index in [0.29, 0.717) is 44.8 Å². The van der Waals surface area contributed by atoms with Gasteiger partial charge in [-0.25, -0.2) is 9.98 Å². The number of pyridine rings is 1. The summed E-state index contributed by atoms with van der Waals surface area (Å²) in [6.45, 7) is 8.53. The minimum Gasteiger partial charge on any atom is -0.475 e. The molecule has 31 heavy (non-hydrogen) atoms. The highest BCUT2D eigenvalue weighted by atomic mass is 127. The molecule has 1 aromatic heterocycles. The second kappa shape index (κ2) is 16.7. The second-order valence-corrected chi connectivity index (χ2v) is 6.99. The molecule has 0 radical (unpaired) electrons. The monoisotopic (exact) mass is 542 g/mol. The number of nitrogens with one attached hydrogen (secondary N) is 2. The average Bonchev–Trinajstić information content (AvgIpc) is 2.77. The van der Waals surface area contributed by atoms with E-state index in [-0.39, 0.29) is 24.0 Å². The Morgan fingerprint density at radius 3 is 2.65 bits per heavy atom. The van der Waals surface area contributed by atoms with Crippen LogP contribution in [0.25, 0.3) is 0 Å². The topological polar surface area (TPSA) is 77.0 Å². The number of hydrogen-bond acceptors (Lipinski definition) is 5. The van der Waals surface area contributed by atoms with E-state index in [1.165, 1.54) is 5.56 Å². The lowest BCUT2D eigenvalue weighted by Crippen LogP contribution is -2.40. The molecule has 0 bridgehead atoms. The lowest BCUT2D eigenvalue weighted by molar-refractivity contribution is 0.0931. The van der Waals surface area contributed by atoms with Crippen LogP contribution in [0.5, 0.6) is 5.88 Å². The summed E-state index contributed by atoms with van der Waals surface area (Å²) >= 11 is 0. The zero-order chi connectivity index (χ0) is 21.4. The molecule has 2 N–H and O–H groups in total. The largest absolute Gasteiger partial charge is 0.475 e. The van der Waals surface area contributed by atoms with E-state index in [0.717, 1.165) is 24.6 Å². The maximum atomic E-state index is 5.83. The summed E-state index contributed by atoms with van der Waals surface area (Å²) in [5, 5.41) is 6.67. The van der Waals surface area contributed by atoms with E-state index in [4.69, 9.17) is 14.2 Å². The Morgan fingerprint density at radius 2 is 1.90 bits per heavy atom. The first-order chi connectivity index (χ1) is 14.7. The molecule has 0 fully saturated rings. The highest BCUT2D eigenvalue weighted by Crippen LogP contribution is 2.15. The van der Waals surface area contributed by atoms with Gasteiger partial charge in [-0.1, -0.05) is 43.3 Å². The SMILES string of the molecule is CCNC(=NCc1cccnc1OCCOC)NCC(C)COCc1ccccc1.I. The Morgan fingerprint density at radius 1 is 1.10 bits per heavy atom. The number of guanidine groups is 1. The number of rotatable bonds is 13. The molecule has 1 heterocycles. The van der Waals surface area contributed by atoms with Gasteiger partial charge in [0.15, 0.2) is 5.96 Å². The Kier molecular flexibility index (Phi) is 14.6. The summed E-state index contributed by atoms with van der Waals surface area (Å²) in [4.78, 5) is 8.98. The Labute approximate surface area is 203 Å². The van der Waals surface area contributed by atoms with Crippen molar-refractivity contribution in [2.75, 3.05) is 40.0 Å². The van der Waals surface area contributed by atoms with Crippen molar-refractivity contribution >= 4 is 29.9 Å². The molecular weight excluding hydrogens is 507 g/mol. The van der Waals surface area contributed by atoms with Crippen LogP contribution in [0.15, 0.2) is 53.7 Å².